The van der Waals surface area contributed by atoms with E-state index in [9.17, 15) is 9.90 Å². The van der Waals surface area contributed by atoms with Crippen LogP contribution in [0.4, 0.5) is 10.6 Å². The minimum absolute atomic E-state index is 0.0706. The number of benzene rings is 2. The van der Waals surface area contributed by atoms with Gasteiger partial charge < -0.3 is 9.84 Å². The van der Waals surface area contributed by atoms with Crippen LogP contribution in [0.2, 0.25) is 5.02 Å². The summed E-state index contributed by atoms with van der Waals surface area (Å²) in [5.41, 5.74) is 3.03. The molecule has 2 aromatic carbocycles. The SMILES string of the molecule is O=C(Nc1nc(-c2ccccc2)c(-c2cc(Cl)c3[nH]ncc3c2)nc1O)OC1CC1. The maximum absolute atomic E-state index is 12.0. The van der Waals surface area contributed by atoms with Gasteiger partial charge in [-0.05, 0) is 25.0 Å². The number of rotatable bonds is 4. The number of carbonyl (C=O) groups excluding carboxylic acids is 1. The highest BCUT2D eigenvalue weighted by Gasteiger charge is 2.27. The van der Waals surface area contributed by atoms with Crippen LogP contribution in [0.1, 0.15) is 12.8 Å². The third kappa shape index (κ3) is 3.53. The number of carbonyl (C=O) groups is 1. The molecule has 1 saturated carbocycles. The highest BCUT2D eigenvalue weighted by molar-refractivity contribution is 6.35. The fourth-order valence-corrected chi connectivity index (χ4v) is 3.39. The Kier molecular flexibility index (Phi) is 4.48. The average Bonchev–Trinajstić information content (AvgIpc) is 3.42. The molecule has 30 heavy (non-hydrogen) atoms. The van der Waals surface area contributed by atoms with Gasteiger partial charge in [0, 0.05) is 16.5 Å². The van der Waals surface area contributed by atoms with Gasteiger partial charge in [-0.1, -0.05) is 41.9 Å². The molecule has 0 saturated heterocycles. The minimum Gasteiger partial charge on any atom is -0.491 e. The second-order valence-electron chi connectivity index (χ2n) is 6.98. The number of nitrogens with one attached hydrogen (secondary N) is 2. The van der Waals surface area contributed by atoms with Crippen LogP contribution < -0.4 is 5.32 Å². The van der Waals surface area contributed by atoms with Crippen molar-refractivity contribution < 1.29 is 14.6 Å². The molecule has 0 spiro atoms. The van der Waals surface area contributed by atoms with Crippen molar-refractivity contribution in [3.05, 3.63) is 53.7 Å². The van der Waals surface area contributed by atoms with Crippen molar-refractivity contribution in [1.82, 2.24) is 20.2 Å². The number of halogens is 1. The van der Waals surface area contributed by atoms with Gasteiger partial charge >= 0.3 is 6.09 Å². The molecule has 1 fully saturated rings. The van der Waals surface area contributed by atoms with Gasteiger partial charge in [0.05, 0.1) is 22.4 Å². The molecule has 0 atom stereocenters. The highest BCUT2D eigenvalue weighted by Crippen LogP contribution is 2.36. The Labute approximate surface area is 175 Å². The van der Waals surface area contributed by atoms with Crippen molar-refractivity contribution in [2.75, 3.05) is 5.32 Å². The number of anilines is 1. The summed E-state index contributed by atoms with van der Waals surface area (Å²) in [4.78, 5) is 20.9. The number of hydrogen-bond donors (Lipinski definition) is 3. The molecule has 1 aliphatic rings. The molecule has 0 radical (unpaired) electrons. The number of aromatic hydroxyl groups is 1. The molecule has 150 valence electrons. The van der Waals surface area contributed by atoms with Crippen LogP contribution in [-0.4, -0.2) is 37.5 Å². The van der Waals surface area contributed by atoms with Gasteiger partial charge in [0.25, 0.3) is 5.88 Å². The number of H-pyrrole nitrogens is 1. The van der Waals surface area contributed by atoms with Crippen molar-refractivity contribution >= 4 is 34.4 Å². The van der Waals surface area contributed by atoms with E-state index in [2.05, 4.69) is 25.5 Å². The molecule has 3 N–H and O–H groups in total. The maximum Gasteiger partial charge on any atom is 0.413 e. The van der Waals surface area contributed by atoms with Crippen molar-refractivity contribution in [3.8, 4) is 28.4 Å². The molecular weight excluding hydrogens is 406 g/mol. The Balaban J connectivity index is 1.63. The molecular formula is C21H16ClN5O3. The first-order chi connectivity index (χ1) is 14.6. The fourth-order valence-electron chi connectivity index (χ4n) is 3.12. The molecule has 1 amide bonds. The summed E-state index contributed by atoms with van der Waals surface area (Å²) in [6.45, 7) is 0. The van der Waals surface area contributed by atoms with Crippen LogP contribution in [0.25, 0.3) is 33.4 Å². The molecule has 8 nitrogen and oxygen atoms in total. The standard InChI is InChI=1S/C21H16ClN5O3/c22-15-9-12(8-13-10-23-27-16(13)15)18-17(11-4-2-1-3-5-11)24-19(20(28)25-18)26-21(29)30-14-6-7-14/h1-5,8-10,14H,6-7H2,(H,23,27)(H,25,28)(H,24,26,29). The number of fused-ring (bicyclic) bond motifs is 1. The normalized spacial score (nSPS) is 13.4. The lowest BCUT2D eigenvalue weighted by atomic mass is 10.0. The lowest BCUT2D eigenvalue weighted by Gasteiger charge is -2.13. The number of nitrogens with zero attached hydrogens (tertiary/aromatic N) is 3. The lowest BCUT2D eigenvalue weighted by molar-refractivity contribution is 0.154. The summed E-state index contributed by atoms with van der Waals surface area (Å²) in [6.07, 6.45) is 2.60. The Morgan fingerprint density at radius 1 is 1.13 bits per heavy atom. The van der Waals surface area contributed by atoms with E-state index in [0.717, 1.165) is 23.8 Å². The van der Waals surface area contributed by atoms with E-state index in [4.69, 9.17) is 16.3 Å². The van der Waals surface area contributed by atoms with Crippen LogP contribution in [0, 0.1) is 0 Å². The van der Waals surface area contributed by atoms with Gasteiger partial charge in [-0.25, -0.2) is 14.8 Å². The molecule has 1 aliphatic carbocycles. The predicted molar refractivity (Wildman–Crippen MR) is 112 cm³/mol. The van der Waals surface area contributed by atoms with E-state index >= 15 is 0 Å². The lowest BCUT2D eigenvalue weighted by Crippen LogP contribution is -2.16. The van der Waals surface area contributed by atoms with E-state index in [0.29, 0.717) is 27.5 Å². The fraction of sp³-hybridized carbons (Fsp3) is 0.143. The molecule has 5 rings (SSSR count). The Morgan fingerprint density at radius 2 is 1.90 bits per heavy atom. The number of aromatic amines is 1. The number of amides is 1. The first-order valence-corrected chi connectivity index (χ1v) is 9.73. The molecule has 4 aromatic rings. The molecule has 2 aromatic heterocycles. The number of aromatic nitrogens is 4. The zero-order chi connectivity index (χ0) is 20.7. The van der Waals surface area contributed by atoms with Crippen LogP contribution in [0.15, 0.2) is 48.7 Å². The van der Waals surface area contributed by atoms with Crippen molar-refractivity contribution in [3.63, 3.8) is 0 Å². The topological polar surface area (TPSA) is 113 Å². The monoisotopic (exact) mass is 421 g/mol. The Morgan fingerprint density at radius 3 is 2.67 bits per heavy atom. The van der Waals surface area contributed by atoms with E-state index in [1.807, 2.05) is 36.4 Å². The van der Waals surface area contributed by atoms with Gasteiger partial charge in [-0.2, -0.15) is 5.10 Å². The van der Waals surface area contributed by atoms with Crippen LogP contribution in [0.3, 0.4) is 0 Å². The molecule has 9 heteroatoms. The third-order valence-corrected chi connectivity index (χ3v) is 5.02. The Hall–Kier alpha value is -3.65. The zero-order valence-corrected chi connectivity index (χ0v) is 16.3. The van der Waals surface area contributed by atoms with Crippen molar-refractivity contribution in [2.24, 2.45) is 0 Å². The molecule has 0 bridgehead atoms. The predicted octanol–water partition coefficient (Wildman–Crippen LogP) is 4.76. The largest absolute Gasteiger partial charge is 0.491 e. The molecule has 0 unspecified atom stereocenters. The van der Waals surface area contributed by atoms with E-state index < -0.39 is 12.0 Å². The number of hydrogen-bond acceptors (Lipinski definition) is 6. The van der Waals surface area contributed by atoms with Gasteiger partial charge in [0.1, 0.15) is 11.8 Å². The summed E-state index contributed by atoms with van der Waals surface area (Å²) in [6, 6.07) is 12.9. The summed E-state index contributed by atoms with van der Waals surface area (Å²) in [5, 5.41) is 21.1. The smallest absolute Gasteiger partial charge is 0.413 e. The molecule has 2 heterocycles. The van der Waals surface area contributed by atoms with Gasteiger partial charge in [0.15, 0.2) is 5.82 Å². The van der Waals surface area contributed by atoms with Crippen molar-refractivity contribution in [1.29, 1.82) is 0 Å². The summed E-state index contributed by atoms with van der Waals surface area (Å²) in [5.74, 6) is -0.486. The van der Waals surface area contributed by atoms with Crippen LogP contribution in [-0.2, 0) is 4.74 Å². The highest BCUT2D eigenvalue weighted by atomic mass is 35.5. The van der Waals surface area contributed by atoms with Crippen LogP contribution >= 0.6 is 11.6 Å². The second-order valence-corrected chi connectivity index (χ2v) is 7.39. The van der Waals surface area contributed by atoms with E-state index in [1.165, 1.54) is 0 Å². The van der Waals surface area contributed by atoms with Gasteiger partial charge in [-0.15, -0.1) is 0 Å². The van der Waals surface area contributed by atoms with E-state index in [1.54, 1.807) is 12.3 Å². The molecule has 0 aliphatic heterocycles. The van der Waals surface area contributed by atoms with Crippen LogP contribution in [0.5, 0.6) is 5.88 Å². The van der Waals surface area contributed by atoms with Gasteiger partial charge in [-0.3, -0.25) is 10.4 Å². The summed E-state index contributed by atoms with van der Waals surface area (Å²) in [7, 11) is 0. The van der Waals surface area contributed by atoms with Crippen molar-refractivity contribution in [2.45, 2.75) is 18.9 Å². The third-order valence-electron chi connectivity index (χ3n) is 4.72. The maximum atomic E-state index is 12.0. The second kappa shape index (κ2) is 7.31. The number of ether oxygens (including phenoxy) is 1. The summed E-state index contributed by atoms with van der Waals surface area (Å²) >= 11 is 6.39. The average molecular weight is 422 g/mol. The first-order valence-electron chi connectivity index (χ1n) is 9.35. The summed E-state index contributed by atoms with van der Waals surface area (Å²) < 4.78 is 5.18. The Bertz CT molecular complexity index is 1250. The van der Waals surface area contributed by atoms with Gasteiger partial charge in [0.2, 0.25) is 0 Å². The zero-order valence-electron chi connectivity index (χ0n) is 15.6. The minimum atomic E-state index is -0.670. The van der Waals surface area contributed by atoms with E-state index in [-0.39, 0.29) is 11.9 Å². The first kappa shape index (κ1) is 18.4. The quantitative estimate of drug-likeness (QED) is 0.438.